The molecule has 0 aliphatic rings. The van der Waals surface area contributed by atoms with Crippen molar-refractivity contribution in [2.75, 3.05) is 21.3 Å². The maximum absolute atomic E-state index is 12.5. The average Bonchev–Trinajstić information content (AvgIpc) is 2.66. The predicted octanol–water partition coefficient (Wildman–Crippen LogP) is 4.86. The van der Waals surface area contributed by atoms with Gasteiger partial charge in [-0.2, -0.15) is 8.78 Å². The van der Waals surface area contributed by atoms with Gasteiger partial charge in [-0.3, -0.25) is 4.79 Å². The molecule has 0 amide bonds. The lowest BCUT2D eigenvalue weighted by Crippen LogP contribution is -2.04. The van der Waals surface area contributed by atoms with Crippen LogP contribution in [-0.4, -0.2) is 33.7 Å². The third kappa shape index (κ3) is 5.10. The van der Waals surface area contributed by atoms with Crippen LogP contribution in [0.4, 0.5) is 8.78 Å². The molecule has 0 heterocycles. The molecule has 0 saturated carbocycles. The SMILES string of the molecule is COc1ccc(C(=O)/C=C/c2cc(Cl)c(OC(F)F)c(OC)c2)c(OC)c1. The molecule has 0 bridgehead atoms. The molecule has 0 aromatic heterocycles. The molecule has 0 unspecified atom stereocenters. The number of ether oxygens (including phenoxy) is 4. The fraction of sp³-hybridized carbons (Fsp3) is 0.211. The highest BCUT2D eigenvalue weighted by molar-refractivity contribution is 6.32. The number of alkyl halides is 2. The maximum Gasteiger partial charge on any atom is 0.387 e. The Morgan fingerprint density at radius 2 is 1.74 bits per heavy atom. The van der Waals surface area contributed by atoms with Crippen molar-refractivity contribution in [3.8, 4) is 23.0 Å². The summed E-state index contributed by atoms with van der Waals surface area (Å²) < 4.78 is 44.6. The van der Waals surface area contributed by atoms with Crippen LogP contribution in [0.2, 0.25) is 5.02 Å². The first-order valence-electron chi connectivity index (χ1n) is 7.66. The normalized spacial score (nSPS) is 10.9. The quantitative estimate of drug-likeness (QED) is 0.469. The van der Waals surface area contributed by atoms with Crippen molar-refractivity contribution in [1.82, 2.24) is 0 Å². The lowest BCUT2D eigenvalue weighted by molar-refractivity contribution is -0.0511. The minimum atomic E-state index is -3.04. The second kappa shape index (κ2) is 9.23. The molecule has 2 aromatic rings. The highest BCUT2D eigenvalue weighted by Gasteiger charge is 2.16. The lowest BCUT2D eigenvalue weighted by atomic mass is 10.1. The zero-order valence-electron chi connectivity index (χ0n) is 14.8. The minimum absolute atomic E-state index is 0.0249. The van der Waals surface area contributed by atoms with E-state index in [1.165, 1.54) is 45.6 Å². The van der Waals surface area contributed by atoms with Gasteiger partial charge in [0.25, 0.3) is 0 Å². The van der Waals surface area contributed by atoms with Crippen molar-refractivity contribution < 1.29 is 32.5 Å². The second-order valence-electron chi connectivity index (χ2n) is 5.18. The first-order valence-corrected chi connectivity index (χ1v) is 8.04. The highest BCUT2D eigenvalue weighted by atomic mass is 35.5. The predicted molar refractivity (Wildman–Crippen MR) is 97.5 cm³/mol. The van der Waals surface area contributed by atoms with Crippen LogP contribution in [0.5, 0.6) is 23.0 Å². The molecule has 0 aliphatic carbocycles. The zero-order valence-corrected chi connectivity index (χ0v) is 15.5. The van der Waals surface area contributed by atoms with Crippen LogP contribution in [-0.2, 0) is 0 Å². The summed E-state index contributed by atoms with van der Waals surface area (Å²) in [5.41, 5.74) is 0.810. The monoisotopic (exact) mass is 398 g/mol. The highest BCUT2D eigenvalue weighted by Crippen LogP contribution is 2.37. The van der Waals surface area contributed by atoms with E-state index in [0.29, 0.717) is 22.6 Å². The number of benzene rings is 2. The molecule has 0 radical (unpaired) electrons. The topological polar surface area (TPSA) is 54.0 Å². The van der Waals surface area contributed by atoms with E-state index in [9.17, 15) is 13.6 Å². The summed E-state index contributed by atoms with van der Waals surface area (Å²) in [6.45, 7) is -3.04. The minimum Gasteiger partial charge on any atom is -0.497 e. The molecular weight excluding hydrogens is 382 g/mol. The first kappa shape index (κ1) is 20.5. The van der Waals surface area contributed by atoms with E-state index in [-0.39, 0.29) is 22.3 Å². The average molecular weight is 399 g/mol. The van der Waals surface area contributed by atoms with Crippen molar-refractivity contribution in [1.29, 1.82) is 0 Å². The fourth-order valence-electron chi connectivity index (χ4n) is 2.30. The van der Waals surface area contributed by atoms with Crippen molar-refractivity contribution in [3.05, 3.63) is 52.6 Å². The van der Waals surface area contributed by atoms with Gasteiger partial charge in [0.2, 0.25) is 0 Å². The molecule has 0 fully saturated rings. The molecule has 0 spiro atoms. The van der Waals surface area contributed by atoms with Gasteiger partial charge < -0.3 is 18.9 Å². The molecule has 27 heavy (non-hydrogen) atoms. The van der Waals surface area contributed by atoms with Crippen LogP contribution in [0.25, 0.3) is 6.08 Å². The number of hydrogen-bond donors (Lipinski definition) is 0. The van der Waals surface area contributed by atoms with Crippen molar-refractivity contribution >= 4 is 23.5 Å². The third-order valence-corrected chi connectivity index (χ3v) is 3.84. The van der Waals surface area contributed by atoms with Gasteiger partial charge in [-0.25, -0.2) is 0 Å². The standard InChI is InChI=1S/C19H17ClF2O5/c1-24-12-5-6-13(16(10-12)25-2)15(23)7-4-11-8-14(20)18(27-19(21)22)17(9-11)26-3/h4-10,19H,1-3H3/b7-4+. The van der Waals surface area contributed by atoms with Crippen molar-refractivity contribution in [2.45, 2.75) is 6.61 Å². The lowest BCUT2D eigenvalue weighted by Gasteiger charge is -2.12. The molecule has 5 nitrogen and oxygen atoms in total. The van der Waals surface area contributed by atoms with Crippen molar-refractivity contribution in [3.63, 3.8) is 0 Å². The van der Waals surface area contributed by atoms with Crippen LogP contribution < -0.4 is 18.9 Å². The molecule has 144 valence electrons. The summed E-state index contributed by atoms with van der Waals surface area (Å²) in [5, 5.41) is -0.0659. The number of hydrogen-bond acceptors (Lipinski definition) is 5. The van der Waals surface area contributed by atoms with Crippen LogP contribution in [0, 0.1) is 0 Å². The molecule has 2 aromatic carbocycles. The molecule has 8 heteroatoms. The molecule has 0 atom stereocenters. The largest absolute Gasteiger partial charge is 0.497 e. The van der Waals surface area contributed by atoms with E-state index < -0.39 is 6.61 Å². The molecule has 2 rings (SSSR count). The van der Waals surface area contributed by atoms with Gasteiger partial charge in [0.15, 0.2) is 17.3 Å². The van der Waals surface area contributed by atoms with Gasteiger partial charge in [0.05, 0.1) is 31.9 Å². The van der Waals surface area contributed by atoms with Crippen LogP contribution in [0.15, 0.2) is 36.4 Å². The Balaban J connectivity index is 2.30. The van der Waals surface area contributed by atoms with Gasteiger partial charge >= 0.3 is 6.61 Å². The zero-order chi connectivity index (χ0) is 20.0. The molecule has 0 N–H and O–H groups in total. The Morgan fingerprint density at radius 3 is 2.33 bits per heavy atom. The third-order valence-electron chi connectivity index (χ3n) is 3.56. The molecule has 0 aliphatic heterocycles. The van der Waals surface area contributed by atoms with E-state index in [2.05, 4.69) is 4.74 Å². The van der Waals surface area contributed by atoms with E-state index in [4.69, 9.17) is 25.8 Å². The van der Waals surface area contributed by atoms with E-state index >= 15 is 0 Å². The van der Waals surface area contributed by atoms with Crippen molar-refractivity contribution in [2.24, 2.45) is 0 Å². The smallest absolute Gasteiger partial charge is 0.387 e. The number of rotatable bonds is 8. The second-order valence-corrected chi connectivity index (χ2v) is 5.58. The fourth-order valence-corrected chi connectivity index (χ4v) is 2.57. The Labute approximate surface area is 160 Å². The van der Waals surface area contributed by atoms with Gasteiger partial charge in [-0.15, -0.1) is 0 Å². The molecule has 0 saturated heterocycles. The number of ketones is 1. The Morgan fingerprint density at radius 1 is 1.04 bits per heavy atom. The Bertz CT molecular complexity index is 852. The van der Waals surface area contributed by atoms with E-state index in [1.54, 1.807) is 18.2 Å². The first-order chi connectivity index (χ1) is 12.9. The van der Waals surface area contributed by atoms with Gasteiger partial charge in [0, 0.05) is 6.07 Å². The number of halogens is 3. The summed E-state index contributed by atoms with van der Waals surface area (Å²) in [6, 6.07) is 7.63. The van der Waals surface area contributed by atoms with E-state index in [1.807, 2.05) is 0 Å². The summed E-state index contributed by atoms with van der Waals surface area (Å²) in [5.74, 6) is 0.350. The van der Waals surface area contributed by atoms with Crippen LogP contribution in [0.3, 0.4) is 0 Å². The van der Waals surface area contributed by atoms with E-state index in [0.717, 1.165) is 0 Å². The number of allylic oxidation sites excluding steroid dienone is 1. The summed E-state index contributed by atoms with van der Waals surface area (Å²) in [6.07, 6.45) is 2.79. The summed E-state index contributed by atoms with van der Waals surface area (Å²) in [4.78, 5) is 12.5. The number of carbonyl (C=O) groups excluding carboxylic acids is 1. The maximum atomic E-state index is 12.5. The number of carbonyl (C=O) groups is 1. The van der Waals surface area contributed by atoms with Gasteiger partial charge in [-0.05, 0) is 35.9 Å². The number of methoxy groups -OCH3 is 3. The van der Waals surface area contributed by atoms with Crippen LogP contribution in [0.1, 0.15) is 15.9 Å². The summed E-state index contributed by atoms with van der Waals surface area (Å²) in [7, 11) is 4.25. The Hall–Kier alpha value is -2.80. The molecular formula is C19H17ClF2O5. The summed E-state index contributed by atoms with van der Waals surface area (Å²) >= 11 is 5.98. The Kier molecular flexibility index (Phi) is 7.01. The van der Waals surface area contributed by atoms with Gasteiger partial charge in [-0.1, -0.05) is 17.7 Å². The van der Waals surface area contributed by atoms with Gasteiger partial charge in [0.1, 0.15) is 11.5 Å². The van der Waals surface area contributed by atoms with Crippen LogP contribution >= 0.6 is 11.6 Å².